The summed E-state index contributed by atoms with van der Waals surface area (Å²) < 4.78 is 2.10. The standard InChI is InChI=1S/C24H29N3O/c1-3-13-27-18(2)21(15-25-27)17-26-14-7-10-20(16-26)24(28)23-12-6-9-19-8-4-5-11-22(19)23/h4-6,8-9,11-12,15,20H,3,7,10,13-14,16-17H2,1-2H3/t20-/m0/s1. The molecular weight excluding hydrogens is 346 g/mol. The molecule has 2 heterocycles. The average molecular weight is 376 g/mol. The minimum Gasteiger partial charge on any atom is -0.298 e. The van der Waals surface area contributed by atoms with Gasteiger partial charge in [0.2, 0.25) is 0 Å². The molecule has 4 rings (SSSR count). The Balaban J connectivity index is 1.50. The number of hydrogen-bond acceptors (Lipinski definition) is 3. The molecule has 1 fully saturated rings. The zero-order valence-corrected chi connectivity index (χ0v) is 16.9. The van der Waals surface area contributed by atoms with Gasteiger partial charge in [0.15, 0.2) is 5.78 Å². The van der Waals surface area contributed by atoms with Crippen LogP contribution in [0.15, 0.2) is 48.7 Å². The van der Waals surface area contributed by atoms with E-state index in [1.165, 1.54) is 11.3 Å². The Hall–Kier alpha value is -2.46. The van der Waals surface area contributed by atoms with Crippen molar-refractivity contribution >= 4 is 16.6 Å². The van der Waals surface area contributed by atoms with E-state index >= 15 is 0 Å². The zero-order chi connectivity index (χ0) is 19.5. The Labute approximate surface area is 167 Å². The summed E-state index contributed by atoms with van der Waals surface area (Å²) in [5.41, 5.74) is 3.41. The third-order valence-corrected chi connectivity index (χ3v) is 5.97. The van der Waals surface area contributed by atoms with E-state index in [1.807, 2.05) is 30.5 Å². The number of nitrogens with zero attached hydrogens (tertiary/aromatic N) is 3. The van der Waals surface area contributed by atoms with Gasteiger partial charge in [0, 0.05) is 42.4 Å². The van der Waals surface area contributed by atoms with Crippen molar-refractivity contribution < 1.29 is 4.79 Å². The third-order valence-electron chi connectivity index (χ3n) is 5.97. The number of ketones is 1. The number of carbonyl (C=O) groups excluding carboxylic acids is 1. The predicted octanol–water partition coefficient (Wildman–Crippen LogP) is 4.85. The first-order valence-corrected chi connectivity index (χ1v) is 10.4. The van der Waals surface area contributed by atoms with Gasteiger partial charge in [-0.3, -0.25) is 14.4 Å². The largest absolute Gasteiger partial charge is 0.298 e. The van der Waals surface area contributed by atoms with E-state index in [0.29, 0.717) is 5.78 Å². The van der Waals surface area contributed by atoms with Gasteiger partial charge in [-0.2, -0.15) is 5.10 Å². The van der Waals surface area contributed by atoms with Crippen molar-refractivity contribution in [3.05, 3.63) is 65.5 Å². The highest BCUT2D eigenvalue weighted by Crippen LogP contribution is 2.27. The molecule has 0 saturated carbocycles. The summed E-state index contributed by atoms with van der Waals surface area (Å²) in [6.07, 6.45) is 5.14. The van der Waals surface area contributed by atoms with Crippen LogP contribution in [0.2, 0.25) is 0 Å². The van der Waals surface area contributed by atoms with E-state index in [-0.39, 0.29) is 5.92 Å². The monoisotopic (exact) mass is 375 g/mol. The van der Waals surface area contributed by atoms with Gasteiger partial charge in [0.05, 0.1) is 6.20 Å². The molecule has 1 atom stereocenters. The maximum absolute atomic E-state index is 13.3. The minimum atomic E-state index is 0.0746. The summed E-state index contributed by atoms with van der Waals surface area (Å²) in [7, 11) is 0. The van der Waals surface area contributed by atoms with Crippen LogP contribution in [0, 0.1) is 12.8 Å². The number of carbonyl (C=O) groups is 1. The molecule has 3 aromatic rings. The second-order valence-corrected chi connectivity index (χ2v) is 7.94. The van der Waals surface area contributed by atoms with Crippen LogP contribution < -0.4 is 0 Å². The first kappa shape index (κ1) is 18.9. The Morgan fingerprint density at radius 1 is 1.18 bits per heavy atom. The first-order valence-electron chi connectivity index (χ1n) is 10.4. The molecule has 0 aliphatic carbocycles. The van der Waals surface area contributed by atoms with Gasteiger partial charge in [-0.15, -0.1) is 0 Å². The molecule has 146 valence electrons. The predicted molar refractivity (Wildman–Crippen MR) is 114 cm³/mol. The Bertz CT molecular complexity index is 970. The van der Waals surface area contributed by atoms with Crippen LogP contribution >= 0.6 is 0 Å². The number of likely N-dealkylation sites (tertiary alicyclic amines) is 1. The SMILES string of the molecule is CCCn1ncc(CN2CCC[C@H](C(=O)c3cccc4ccccc34)C2)c1C. The molecule has 1 aliphatic heterocycles. The number of Topliss-reactive ketones (excluding diaryl/α,β-unsaturated/α-hetero) is 1. The number of aryl methyl sites for hydroxylation is 1. The van der Waals surface area contributed by atoms with Gasteiger partial charge in [0.1, 0.15) is 0 Å². The topological polar surface area (TPSA) is 38.1 Å². The van der Waals surface area contributed by atoms with Crippen LogP contribution in [0.25, 0.3) is 10.8 Å². The smallest absolute Gasteiger partial charge is 0.167 e. The van der Waals surface area contributed by atoms with Crippen molar-refractivity contribution in [1.29, 1.82) is 0 Å². The Morgan fingerprint density at radius 2 is 2.00 bits per heavy atom. The number of aromatic nitrogens is 2. The second-order valence-electron chi connectivity index (χ2n) is 7.94. The van der Waals surface area contributed by atoms with E-state index in [1.54, 1.807) is 0 Å². The summed E-state index contributed by atoms with van der Waals surface area (Å²) in [6, 6.07) is 14.3. The van der Waals surface area contributed by atoms with E-state index in [9.17, 15) is 4.79 Å². The molecule has 4 heteroatoms. The minimum absolute atomic E-state index is 0.0746. The van der Waals surface area contributed by atoms with Crippen LogP contribution in [-0.2, 0) is 13.1 Å². The third kappa shape index (κ3) is 3.74. The van der Waals surface area contributed by atoms with Crippen LogP contribution in [0.1, 0.15) is 47.8 Å². The maximum atomic E-state index is 13.3. The number of benzene rings is 2. The van der Waals surface area contributed by atoms with E-state index < -0.39 is 0 Å². The normalized spacial score (nSPS) is 17.9. The van der Waals surface area contributed by atoms with Gasteiger partial charge in [-0.1, -0.05) is 49.4 Å². The van der Waals surface area contributed by atoms with Gasteiger partial charge in [-0.25, -0.2) is 0 Å². The molecule has 0 unspecified atom stereocenters. The second kappa shape index (κ2) is 8.27. The molecule has 0 spiro atoms. The molecule has 0 amide bonds. The molecule has 28 heavy (non-hydrogen) atoms. The Morgan fingerprint density at radius 3 is 2.86 bits per heavy atom. The quantitative estimate of drug-likeness (QED) is 0.578. The highest BCUT2D eigenvalue weighted by molar-refractivity contribution is 6.09. The molecule has 1 aliphatic rings. The van der Waals surface area contributed by atoms with Gasteiger partial charge in [0.25, 0.3) is 0 Å². The first-order chi connectivity index (χ1) is 13.7. The molecule has 1 saturated heterocycles. The van der Waals surface area contributed by atoms with E-state index in [4.69, 9.17) is 0 Å². The number of hydrogen-bond donors (Lipinski definition) is 0. The lowest BCUT2D eigenvalue weighted by atomic mass is 9.88. The molecule has 2 aromatic carbocycles. The Kier molecular flexibility index (Phi) is 5.58. The molecule has 1 aromatic heterocycles. The van der Waals surface area contributed by atoms with Crippen molar-refractivity contribution in [3.8, 4) is 0 Å². The van der Waals surface area contributed by atoms with Gasteiger partial charge >= 0.3 is 0 Å². The van der Waals surface area contributed by atoms with Gasteiger partial charge < -0.3 is 0 Å². The summed E-state index contributed by atoms with van der Waals surface area (Å²) in [6.45, 7) is 8.07. The summed E-state index contributed by atoms with van der Waals surface area (Å²) in [4.78, 5) is 15.8. The van der Waals surface area contributed by atoms with Gasteiger partial charge in [-0.05, 0) is 43.5 Å². The summed E-state index contributed by atoms with van der Waals surface area (Å²) in [5.74, 6) is 0.366. The van der Waals surface area contributed by atoms with Crippen LogP contribution in [0.4, 0.5) is 0 Å². The summed E-state index contributed by atoms with van der Waals surface area (Å²) in [5, 5.41) is 6.74. The lowest BCUT2D eigenvalue weighted by Gasteiger charge is -2.32. The molecular formula is C24H29N3O. The van der Waals surface area contributed by atoms with E-state index in [0.717, 1.165) is 61.8 Å². The molecule has 0 bridgehead atoms. The van der Waals surface area contributed by atoms with Crippen molar-refractivity contribution in [2.24, 2.45) is 5.92 Å². The van der Waals surface area contributed by atoms with Crippen LogP contribution in [0.3, 0.4) is 0 Å². The molecule has 0 radical (unpaired) electrons. The fourth-order valence-electron chi connectivity index (χ4n) is 4.39. The zero-order valence-electron chi connectivity index (χ0n) is 16.9. The fraction of sp³-hybridized carbons (Fsp3) is 0.417. The van der Waals surface area contributed by atoms with E-state index in [2.05, 4.69) is 46.7 Å². The summed E-state index contributed by atoms with van der Waals surface area (Å²) >= 11 is 0. The molecule has 4 nitrogen and oxygen atoms in total. The highest BCUT2D eigenvalue weighted by Gasteiger charge is 2.28. The van der Waals surface area contributed by atoms with Crippen molar-refractivity contribution in [2.75, 3.05) is 13.1 Å². The number of piperidine rings is 1. The number of rotatable bonds is 6. The maximum Gasteiger partial charge on any atom is 0.167 e. The van der Waals surface area contributed by atoms with Crippen LogP contribution in [-0.4, -0.2) is 33.6 Å². The van der Waals surface area contributed by atoms with Crippen molar-refractivity contribution in [1.82, 2.24) is 14.7 Å². The van der Waals surface area contributed by atoms with Crippen LogP contribution in [0.5, 0.6) is 0 Å². The lowest BCUT2D eigenvalue weighted by molar-refractivity contribution is 0.0813. The number of fused-ring (bicyclic) bond motifs is 1. The molecule has 0 N–H and O–H groups in total. The highest BCUT2D eigenvalue weighted by atomic mass is 16.1. The van der Waals surface area contributed by atoms with Crippen molar-refractivity contribution in [3.63, 3.8) is 0 Å². The lowest BCUT2D eigenvalue weighted by Crippen LogP contribution is -2.38. The average Bonchev–Trinajstić information content (AvgIpc) is 3.07. The fourth-order valence-corrected chi connectivity index (χ4v) is 4.39. The van der Waals surface area contributed by atoms with Crippen molar-refractivity contribution in [2.45, 2.75) is 46.2 Å².